The predicted molar refractivity (Wildman–Crippen MR) is 92.8 cm³/mol. The van der Waals surface area contributed by atoms with Crippen LogP contribution in [0, 0.1) is 0 Å². The first kappa shape index (κ1) is 17.1. The lowest BCUT2D eigenvalue weighted by Gasteiger charge is -2.05. The van der Waals surface area contributed by atoms with E-state index >= 15 is 0 Å². The summed E-state index contributed by atoms with van der Waals surface area (Å²) in [4.78, 5) is 16.6. The number of thiazole rings is 1. The molecule has 0 aliphatic heterocycles. The Morgan fingerprint density at radius 1 is 1.25 bits per heavy atom. The average Bonchev–Trinajstić information content (AvgIpc) is 2.94. The summed E-state index contributed by atoms with van der Waals surface area (Å²) in [5, 5.41) is 0.617. The van der Waals surface area contributed by atoms with Gasteiger partial charge in [0.1, 0.15) is 5.75 Å². The second-order valence-electron chi connectivity index (χ2n) is 4.71. The first-order chi connectivity index (χ1) is 11.5. The van der Waals surface area contributed by atoms with Crippen LogP contribution in [0.1, 0.15) is 10.4 Å². The minimum absolute atomic E-state index is 0.0252. The van der Waals surface area contributed by atoms with Crippen LogP contribution in [-0.2, 0) is 0 Å². The van der Waals surface area contributed by atoms with E-state index in [0.717, 1.165) is 14.6 Å². The number of nitrogens with zero attached hydrogens (tertiary/aromatic N) is 1. The molecule has 1 heterocycles. The molecule has 0 saturated heterocycles. The molecule has 0 bridgehead atoms. The molecule has 3 aromatic rings. The molecule has 0 aliphatic carbocycles. The van der Waals surface area contributed by atoms with Gasteiger partial charge in [-0.25, -0.2) is 4.98 Å². The number of aromatic nitrogens is 1. The first-order valence-corrected chi connectivity index (χ1v) is 8.96. The van der Waals surface area contributed by atoms with E-state index in [1.54, 1.807) is 12.1 Å². The summed E-state index contributed by atoms with van der Waals surface area (Å²) in [6, 6.07) is 11.1. The molecular weight excluding hydrogens is 376 g/mol. The largest absolute Gasteiger partial charge is 0.435 e. The molecule has 0 unspecified atom stereocenters. The maximum absolute atomic E-state index is 12.2. The highest BCUT2D eigenvalue weighted by atomic mass is 35.5. The third-order valence-corrected chi connectivity index (χ3v) is 5.47. The van der Waals surface area contributed by atoms with Crippen molar-refractivity contribution in [1.29, 1.82) is 0 Å². The molecule has 3 rings (SSSR count). The topological polar surface area (TPSA) is 39.2 Å². The molecule has 2 aromatic carbocycles. The van der Waals surface area contributed by atoms with Gasteiger partial charge in [-0.05, 0) is 42.5 Å². The van der Waals surface area contributed by atoms with Crippen LogP contribution in [0.25, 0.3) is 10.2 Å². The van der Waals surface area contributed by atoms with Gasteiger partial charge >= 0.3 is 6.61 Å². The molecule has 0 spiro atoms. The zero-order valence-corrected chi connectivity index (χ0v) is 14.4. The lowest BCUT2D eigenvalue weighted by Crippen LogP contribution is -2.04. The van der Waals surface area contributed by atoms with Crippen molar-refractivity contribution >= 4 is 50.7 Å². The maximum Gasteiger partial charge on any atom is 0.387 e. The van der Waals surface area contributed by atoms with Crippen LogP contribution in [0.3, 0.4) is 0 Å². The number of fused-ring (bicyclic) bond motifs is 1. The van der Waals surface area contributed by atoms with E-state index in [9.17, 15) is 13.6 Å². The third kappa shape index (κ3) is 4.23. The molecule has 124 valence electrons. The van der Waals surface area contributed by atoms with Crippen LogP contribution in [-0.4, -0.2) is 23.1 Å². The molecular formula is C16H10ClF2NO2S2. The number of ketones is 1. The quantitative estimate of drug-likeness (QED) is 0.413. The lowest BCUT2D eigenvalue weighted by molar-refractivity contribution is -0.0498. The van der Waals surface area contributed by atoms with E-state index in [1.165, 1.54) is 47.4 Å². The molecule has 3 nitrogen and oxygen atoms in total. The van der Waals surface area contributed by atoms with Crippen molar-refractivity contribution in [2.75, 3.05) is 5.75 Å². The molecule has 0 saturated carbocycles. The normalized spacial score (nSPS) is 11.2. The van der Waals surface area contributed by atoms with Crippen molar-refractivity contribution in [3.05, 3.63) is 53.1 Å². The molecule has 0 atom stereocenters. The number of thioether (sulfide) groups is 1. The van der Waals surface area contributed by atoms with E-state index in [0.29, 0.717) is 10.6 Å². The van der Waals surface area contributed by atoms with Crippen LogP contribution in [0.4, 0.5) is 8.78 Å². The Morgan fingerprint density at radius 2 is 2.00 bits per heavy atom. The number of rotatable bonds is 6. The molecule has 8 heteroatoms. The van der Waals surface area contributed by atoms with Crippen LogP contribution in [0.5, 0.6) is 5.75 Å². The van der Waals surface area contributed by atoms with E-state index in [4.69, 9.17) is 11.6 Å². The van der Waals surface area contributed by atoms with Gasteiger partial charge in [0.2, 0.25) is 0 Å². The van der Waals surface area contributed by atoms with Crippen molar-refractivity contribution in [3.8, 4) is 5.75 Å². The second kappa shape index (κ2) is 7.46. The number of hydrogen-bond acceptors (Lipinski definition) is 5. The number of ether oxygens (including phenoxy) is 1. The first-order valence-electron chi connectivity index (χ1n) is 6.78. The summed E-state index contributed by atoms with van der Waals surface area (Å²) in [7, 11) is 0. The summed E-state index contributed by atoms with van der Waals surface area (Å²) in [6.07, 6.45) is 0. The lowest BCUT2D eigenvalue weighted by atomic mass is 10.1. The Hall–Kier alpha value is -1.70. The highest BCUT2D eigenvalue weighted by Crippen LogP contribution is 2.31. The predicted octanol–water partition coefficient (Wildman–Crippen LogP) is 5.53. The third-order valence-electron chi connectivity index (χ3n) is 3.06. The smallest absolute Gasteiger partial charge is 0.387 e. The zero-order chi connectivity index (χ0) is 17.1. The summed E-state index contributed by atoms with van der Waals surface area (Å²) in [6.45, 7) is -2.88. The molecule has 24 heavy (non-hydrogen) atoms. The summed E-state index contributed by atoms with van der Waals surface area (Å²) >= 11 is 8.75. The fraction of sp³-hybridized carbons (Fsp3) is 0.125. The Kier molecular flexibility index (Phi) is 5.33. The Labute approximate surface area is 149 Å². The van der Waals surface area contributed by atoms with Crippen LogP contribution in [0.15, 0.2) is 46.8 Å². The molecule has 0 N–H and O–H groups in total. The Morgan fingerprint density at radius 3 is 2.71 bits per heavy atom. The standard InChI is InChI=1S/C16H10ClF2NO2S2/c17-10-3-6-14-12(7-10)20-16(24-14)23-8-13(21)9-1-4-11(5-2-9)22-15(18)19/h1-7,15H,8H2. The number of benzene rings is 2. The van der Waals surface area contributed by atoms with Gasteiger partial charge in [-0.2, -0.15) is 8.78 Å². The van der Waals surface area contributed by atoms with Gasteiger partial charge in [-0.15, -0.1) is 11.3 Å². The van der Waals surface area contributed by atoms with Gasteiger partial charge < -0.3 is 4.74 Å². The average molecular weight is 386 g/mol. The van der Waals surface area contributed by atoms with Gasteiger partial charge in [0, 0.05) is 10.6 Å². The van der Waals surface area contributed by atoms with Crippen molar-refractivity contribution < 1.29 is 18.3 Å². The number of halogens is 3. The zero-order valence-electron chi connectivity index (χ0n) is 12.0. The fourth-order valence-corrected chi connectivity index (χ4v) is 4.08. The number of carbonyl (C=O) groups is 1. The van der Waals surface area contributed by atoms with Crippen molar-refractivity contribution in [2.45, 2.75) is 11.0 Å². The van der Waals surface area contributed by atoms with E-state index in [1.807, 2.05) is 6.07 Å². The van der Waals surface area contributed by atoms with Gasteiger partial charge in [0.15, 0.2) is 10.1 Å². The summed E-state index contributed by atoms with van der Waals surface area (Å²) < 4.78 is 30.2. The maximum atomic E-state index is 12.2. The van der Waals surface area contributed by atoms with E-state index in [2.05, 4.69) is 9.72 Å². The SMILES string of the molecule is O=C(CSc1nc2cc(Cl)ccc2s1)c1ccc(OC(F)F)cc1. The van der Waals surface area contributed by atoms with Crippen molar-refractivity contribution in [3.63, 3.8) is 0 Å². The number of hydrogen-bond donors (Lipinski definition) is 0. The summed E-state index contributed by atoms with van der Waals surface area (Å²) in [5.74, 6) is 0.126. The van der Waals surface area contributed by atoms with Gasteiger partial charge in [0.05, 0.1) is 16.0 Å². The highest BCUT2D eigenvalue weighted by molar-refractivity contribution is 8.01. The van der Waals surface area contributed by atoms with Gasteiger partial charge in [-0.3, -0.25) is 4.79 Å². The molecule has 0 fully saturated rings. The molecule has 0 aliphatic rings. The minimum atomic E-state index is -2.88. The van der Waals surface area contributed by atoms with Crippen molar-refractivity contribution in [2.24, 2.45) is 0 Å². The molecule has 1 aromatic heterocycles. The minimum Gasteiger partial charge on any atom is -0.435 e. The van der Waals surface area contributed by atoms with E-state index in [-0.39, 0.29) is 17.3 Å². The molecule has 0 radical (unpaired) electrons. The van der Waals surface area contributed by atoms with Crippen LogP contribution < -0.4 is 4.74 Å². The number of Topliss-reactive ketones (excluding diaryl/α,β-unsaturated/α-hetero) is 1. The van der Waals surface area contributed by atoms with Gasteiger partial charge in [0.25, 0.3) is 0 Å². The van der Waals surface area contributed by atoms with E-state index < -0.39 is 6.61 Å². The second-order valence-corrected chi connectivity index (χ2v) is 7.40. The van der Waals surface area contributed by atoms with Crippen LogP contribution >= 0.6 is 34.7 Å². The van der Waals surface area contributed by atoms with Crippen molar-refractivity contribution in [1.82, 2.24) is 4.98 Å². The number of carbonyl (C=O) groups excluding carboxylic acids is 1. The van der Waals surface area contributed by atoms with Gasteiger partial charge in [-0.1, -0.05) is 23.4 Å². The fourth-order valence-electron chi connectivity index (χ4n) is 1.97. The summed E-state index contributed by atoms with van der Waals surface area (Å²) in [5.41, 5.74) is 1.24. The Bertz CT molecular complexity index is 868. The highest BCUT2D eigenvalue weighted by Gasteiger charge is 2.11. The molecule has 0 amide bonds. The van der Waals surface area contributed by atoms with Crippen LogP contribution in [0.2, 0.25) is 5.02 Å². The number of alkyl halides is 2. The Balaban J connectivity index is 1.63. The monoisotopic (exact) mass is 385 g/mol.